The van der Waals surface area contributed by atoms with Gasteiger partial charge in [0, 0.05) is 34.9 Å². The molecule has 2 heterocycles. The lowest BCUT2D eigenvalue weighted by molar-refractivity contribution is 0.601. The van der Waals surface area contributed by atoms with Gasteiger partial charge >= 0.3 is 0 Å². The SMILES string of the molecule is NCc1cn(Cc2cc(Cl)ccc2F)c2ncccc12. The predicted molar refractivity (Wildman–Crippen MR) is 78.1 cm³/mol. The van der Waals surface area contributed by atoms with Crippen LogP contribution >= 0.6 is 11.6 Å². The van der Waals surface area contributed by atoms with Crippen LogP contribution in [0.5, 0.6) is 0 Å². The number of pyridine rings is 1. The van der Waals surface area contributed by atoms with Gasteiger partial charge in [0.2, 0.25) is 0 Å². The minimum atomic E-state index is -0.276. The maximum atomic E-state index is 13.8. The molecule has 1 aromatic carbocycles. The number of hydrogen-bond donors (Lipinski definition) is 1. The monoisotopic (exact) mass is 289 g/mol. The number of hydrogen-bond acceptors (Lipinski definition) is 2. The summed E-state index contributed by atoms with van der Waals surface area (Å²) in [4.78, 5) is 4.35. The number of aromatic nitrogens is 2. The molecule has 0 spiro atoms. The molecule has 102 valence electrons. The van der Waals surface area contributed by atoms with Gasteiger partial charge in [-0.1, -0.05) is 11.6 Å². The van der Waals surface area contributed by atoms with E-state index in [1.165, 1.54) is 12.1 Å². The first-order valence-corrected chi connectivity index (χ1v) is 6.63. The van der Waals surface area contributed by atoms with Crippen LogP contribution < -0.4 is 5.73 Å². The highest BCUT2D eigenvalue weighted by atomic mass is 35.5. The highest BCUT2D eigenvalue weighted by Crippen LogP contribution is 2.22. The van der Waals surface area contributed by atoms with Crippen molar-refractivity contribution in [2.45, 2.75) is 13.1 Å². The lowest BCUT2D eigenvalue weighted by atomic mass is 10.2. The zero-order valence-corrected chi connectivity index (χ0v) is 11.4. The summed E-state index contributed by atoms with van der Waals surface area (Å²) in [5.74, 6) is -0.276. The standard InChI is InChI=1S/C15H13ClFN3/c16-12-3-4-14(17)10(6-12)8-20-9-11(7-18)13-2-1-5-19-15(13)20/h1-6,9H,7-8,18H2. The Labute approximate surface area is 120 Å². The molecule has 2 N–H and O–H groups in total. The molecular formula is C15H13ClFN3. The lowest BCUT2D eigenvalue weighted by Crippen LogP contribution is -2.02. The molecule has 0 saturated carbocycles. The Balaban J connectivity index is 2.09. The smallest absolute Gasteiger partial charge is 0.140 e. The molecule has 0 fully saturated rings. The normalized spacial score (nSPS) is 11.2. The van der Waals surface area contributed by atoms with E-state index >= 15 is 0 Å². The summed E-state index contributed by atoms with van der Waals surface area (Å²) in [6.45, 7) is 0.799. The first-order valence-electron chi connectivity index (χ1n) is 6.26. The number of benzene rings is 1. The van der Waals surface area contributed by atoms with Gasteiger partial charge in [-0.15, -0.1) is 0 Å². The Kier molecular flexibility index (Phi) is 3.42. The van der Waals surface area contributed by atoms with Gasteiger partial charge in [-0.2, -0.15) is 0 Å². The van der Waals surface area contributed by atoms with Crippen molar-refractivity contribution in [1.29, 1.82) is 0 Å². The van der Waals surface area contributed by atoms with Crippen molar-refractivity contribution in [3.05, 3.63) is 64.7 Å². The zero-order chi connectivity index (χ0) is 14.1. The molecule has 0 amide bonds. The molecule has 3 aromatic rings. The van der Waals surface area contributed by atoms with Crippen molar-refractivity contribution in [2.24, 2.45) is 5.73 Å². The van der Waals surface area contributed by atoms with E-state index in [0.717, 1.165) is 16.6 Å². The van der Waals surface area contributed by atoms with E-state index in [2.05, 4.69) is 4.98 Å². The maximum Gasteiger partial charge on any atom is 0.140 e. The fourth-order valence-electron chi connectivity index (χ4n) is 2.33. The Morgan fingerprint density at radius 3 is 2.90 bits per heavy atom. The van der Waals surface area contributed by atoms with Crippen LogP contribution in [-0.4, -0.2) is 9.55 Å². The molecule has 0 unspecified atom stereocenters. The van der Waals surface area contributed by atoms with Crippen molar-refractivity contribution in [3.63, 3.8) is 0 Å². The second kappa shape index (κ2) is 5.23. The van der Waals surface area contributed by atoms with E-state index in [1.807, 2.05) is 22.9 Å². The Hall–Kier alpha value is -1.91. The van der Waals surface area contributed by atoms with E-state index in [1.54, 1.807) is 12.3 Å². The summed E-state index contributed by atoms with van der Waals surface area (Å²) in [7, 11) is 0. The van der Waals surface area contributed by atoms with E-state index in [-0.39, 0.29) is 5.82 Å². The van der Waals surface area contributed by atoms with E-state index < -0.39 is 0 Å². The summed E-state index contributed by atoms with van der Waals surface area (Å²) in [5.41, 5.74) is 8.07. The molecule has 0 bridgehead atoms. The first-order chi connectivity index (χ1) is 9.69. The summed E-state index contributed by atoms with van der Waals surface area (Å²) in [5, 5.41) is 1.52. The maximum absolute atomic E-state index is 13.8. The lowest BCUT2D eigenvalue weighted by Gasteiger charge is -2.06. The predicted octanol–water partition coefficient (Wildman–Crippen LogP) is 3.34. The fourth-order valence-corrected chi connectivity index (χ4v) is 2.52. The molecule has 0 aliphatic rings. The van der Waals surface area contributed by atoms with Gasteiger partial charge in [0.25, 0.3) is 0 Å². The molecule has 3 rings (SSSR count). The second-order valence-electron chi connectivity index (χ2n) is 4.60. The van der Waals surface area contributed by atoms with E-state index in [4.69, 9.17) is 17.3 Å². The van der Waals surface area contributed by atoms with Gasteiger partial charge in [-0.25, -0.2) is 9.37 Å². The number of halogens is 2. The quantitative estimate of drug-likeness (QED) is 0.804. The average molecular weight is 290 g/mol. The molecule has 20 heavy (non-hydrogen) atoms. The van der Waals surface area contributed by atoms with Crippen LogP contribution in [0.4, 0.5) is 4.39 Å². The van der Waals surface area contributed by atoms with Gasteiger partial charge < -0.3 is 10.3 Å². The van der Waals surface area contributed by atoms with Gasteiger partial charge in [0.15, 0.2) is 0 Å². The highest BCUT2D eigenvalue weighted by Gasteiger charge is 2.10. The summed E-state index contributed by atoms with van der Waals surface area (Å²) in [6.07, 6.45) is 3.63. The summed E-state index contributed by atoms with van der Waals surface area (Å²) in [6, 6.07) is 8.38. The number of nitrogens with zero attached hydrogens (tertiary/aromatic N) is 2. The van der Waals surface area contributed by atoms with Gasteiger partial charge in [0.1, 0.15) is 11.5 Å². The van der Waals surface area contributed by atoms with E-state index in [0.29, 0.717) is 23.7 Å². The van der Waals surface area contributed by atoms with Crippen molar-refractivity contribution < 1.29 is 4.39 Å². The molecule has 0 saturated heterocycles. The summed E-state index contributed by atoms with van der Waals surface area (Å²) >= 11 is 5.92. The van der Waals surface area contributed by atoms with Crippen molar-refractivity contribution in [3.8, 4) is 0 Å². The molecular weight excluding hydrogens is 277 g/mol. The van der Waals surface area contributed by atoms with Crippen molar-refractivity contribution in [1.82, 2.24) is 9.55 Å². The molecule has 2 aromatic heterocycles. The van der Waals surface area contributed by atoms with Crippen LogP contribution in [0.25, 0.3) is 11.0 Å². The van der Waals surface area contributed by atoms with Crippen molar-refractivity contribution in [2.75, 3.05) is 0 Å². The van der Waals surface area contributed by atoms with Crippen LogP contribution in [0.2, 0.25) is 5.02 Å². The van der Waals surface area contributed by atoms with Crippen LogP contribution in [0.3, 0.4) is 0 Å². The number of rotatable bonds is 3. The first kappa shape index (κ1) is 13.1. The molecule has 0 aliphatic heterocycles. The third kappa shape index (κ3) is 2.28. The highest BCUT2D eigenvalue weighted by molar-refractivity contribution is 6.30. The number of fused-ring (bicyclic) bond motifs is 1. The minimum Gasteiger partial charge on any atom is -0.328 e. The third-order valence-electron chi connectivity index (χ3n) is 3.28. The molecule has 5 heteroatoms. The zero-order valence-electron chi connectivity index (χ0n) is 10.7. The largest absolute Gasteiger partial charge is 0.328 e. The summed E-state index contributed by atoms with van der Waals surface area (Å²) < 4.78 is 15.7. The van der Waals surface area contributed by atoms with Crippen LogP contribution in [-0.2, 0) is 13.1 Å². The average Bonchev–Trinajstić information content (AvgIpc) is 2.81. The van der Waals surface area contributed by atoms with Crippen molar-refractivity contribution >= 4 is 22.6 Å². The van der Waals surface area contributed by atoms with Gasteiger partial charge in [0.05, 0.1) is 6.54 Å². The molecule has 0 atom stereocenters. The van der Waals surface area contributed by atoms with Crippen LogP contribution in [0.15, 0.2) is 42.7 Å². The van der Waals surface area contributed by atoms with Gasteiger partial charge in [-0.3, -0.25) is 0 Å². The molecule has 0 aliphatic carbocycles. The number of nitrogens with two attached hydrogens (primary N) is 1. The second-order valence-corrected chi connectivity index (χ2v) is 5.03. The Morgan fingerprint density at radius 2 is 2.10 bits per heavy atom. The molecule has 0 radical (unpaired) electrons. The van der Waals surface area contributed by atoms with Crippen LogP contribution in [0.1, 0.15) is 11.1 Å². The third-order valence-corrected chi connectivity index (χ3v) is 3.52. The molecule has 3 nitrogen and oxygen atoms in total. The van der Waals surface area contributed by atoms with E-state index in [9.17, 15) is 4.39 Å². The Bertz CT molecular complexity index is 767. The topological polar surface area (TPSA) is 43.8 Å². The van der Waals surface area contributed by atoms with Gasteiger partial charge in [-0.05, 0) is 35.9 Å². The minimum absolute atomic E-state index is 0.276. The fraction of sp³-hybridized carbons (Fsp3) is 0.133. The van der Waals surface area contributed by atoms with Crippen LogP contribution in [0, 0.1) is 5.82 Å². The Morgan fingerprint density at radius 1 is 1.25 bits per heavy atom.